The molecule has 2 saturated heterocycles. The Morgan fingerprint density at radius 1 is 1.00 bits per heavy atom. The second-order valence-corrected chi connectivity index (χ2v) is 3.59. The van der Waals surface area contributed by atoms with Gasteiger partial charge >= 0.3 is 0 Å². The summed E-state index contributed by atoms with van der Waals surface area (Å²) in [5.74, 6) is 0. The average molecular weight is 170 g/mol. The molecule has 2 nitrogen and oxygen atoms in total. The van der Waals surface area contributed by atoms with E-state index in [1.54, 1.807) is 0 Å². The highest BCUT2D eigenvalue weighted by Gasteiger charge is 2.33. The van der Waals surface area contributed by atoms with Crippen molar-refractivity contribution in [2.24, 2.45) is 0 Å². The van der Waals surface area contributed by atoms with Crippen molar-refractivity contribution in [3.63, 3.8) is 0 Å². The maximum Gasteiger partial charge on any atom is 0.0307 e. The number of rotatable bonds is 0. The van der Waals surface area contributed by atoms with Crippen molar-refractivity contribution in [2.75, 3.05) is 19.6 Å². The number of nitrogens with one attached hydrogen (secondary N) is 2. The molecule has 12 heavy (non-hydrogen) atoms. The summed E-state index contributed by atoms with van der Waals surface area (Å²) in [5.41, 5.74) is 0.512. The van der Waals surface area contributed by atoms with Gasteiger partial charge in [-0.25, -0.2) is 0 Å². The van der Waals surface area contributed by atoms with Gasteiger partial charge in [0.05, 0.1) is 0 Å². The first kappa shape index (κ1) is 10.0. The molecule has 2 heterocycles. The van der Waals surface area contributed by atoms with E-state index in [1.807, 2.05) is 13.8 Å². The first-order valence-electron chi connectivity index (χ1n) is 5.37. The lowest BCUT2D eigenvalue weighted by Gasteiger charge is -2.34. The number of piperidine rings is 1. The summed E-state index contributed by atoms with van der Waals surface area (Å²) in [5, 5.41) is 7.06. The van der Waals surface area contributed by atoms with Gasteiger partial charge in [0.25, 0.3) is 0 Å². The third-order valence-electron chi connectivity index (χ3n) is 2.80. The molecular weight excluding hydrogens is 148 g/mol. The molecule has 0 bridgehead atoms. The molecule has 0 aliphatic carbocycles. The van der Waals surface area contributed by atoms with E-state index in [0.717, 1.165) is 0 Å². The van der Waals surface area contributed by atoms with E-state index in [4.69, 9.17) is 0 Å². The first-order valence-corrected chi connectivity index (χ1v) is 5.37. The second-order valence-electron chi connectivity index (χ2n) is 3.59. The molecule has 0 aromatic carbocycles. The van der Waals surface area contributed by atoms with Crippen LogP contribution in [0.5, 0.6) is 0 Å². The van der Waals surface area contributed by atoms with E-state index in [9.17, 15) is 0 Å². The lowest BCUT2D eigenvalue weighted by atomic mass is 9.89. The third kappa shape index (κ3) is 2.20. The molecule has 2 aliphatic rings. The minimum Gasteiger partial charge on any atom is -0.315 e. The zero-order valence-corrected chi connectivity index (χ0v) is 8.45. The van der Waals surface area contributed by atoms with Crippen LogP contribution in [0.15, 0.2) is 0 Å². The molecule has 2 fully saturated rings. The highest BCUT2D eigenvalue weighted by Crippen LogP contribution is 2.25. The fourth-order valence-corrected chi connectivity index (χ4v) is 2.20. The lowest BCUT2D eigenvalue weighted by molar-refractivity contribution is 0.282. The summed E-state index contributed by atoms with van der Waals surface area (Å²) >= 11 is 0. The van der Waals surface area contributed by atoms with E-state index in [2.05, 4.69) is 10.6 Å². The summed E-state index contributed by atoms with van der Waals surface area (Å²) in [6.45, 7) is 7.66. The molecule has 1 spiro atoms. The van der Waals surface area contributed by atoms with Gasteiger partial charge in [0.1, 0.15) is 0 Å². The molecule has 2 N–H and O–H groups in total. The van der Waals surface area contributed by atoms with E-state index in [0.29, 0.717) is 5.54 Å². The summed E-state index contributed by atoms with van der Waals surface area (Å²) in [7, 11) is 0. The largest absolute Gasteiger partial charge is 0.315 e. The minimum absolute atomic E-state index is 0.512. The van der Waals surface area contributed by atoms with Gasteiger partial charge in [0, 0.05) is 12.1 Å². The van der Waals surface area contributed by atoms with Crippen LogP contribution in [0.25, 0.3) is 0 Å². The Hall–Kier alpha value is -0.0800. The van der Waals surface area contributed by atoms with Crippen LogP contribution < -0.4 is 10.6 Å². The smallest absolute Gasteiger partial charge is 0.0307 e. The maximum absolute atomic E-state index is 3.61. The molecule has 2 aliphatic heterocycles. The van der Waals surface area contributed by atoms with Gasteiger partial charge in [-0.2, -0.15) is 0 Å². The fraction of sp³-hybridized carbons (Fsp3) is 1.00. The Morgan fingerprint density at radius 3 is 2.17 bits per heavy atom. The first-order chi connectivity index (χ1) is 5.91. The lowest BCUT2D eigenvalue weighted by Crippen LogP contribution is -2.52. The highest BCUT2D eigenvalue weighted by molar-refractivity contribution is 4.96. The topological polar surface area (TPSA) is 24.1 Å². The maximum atomic E-state index is 3.61. The average Bonchev–Trinajstić information content (AvgIpc) is 2.58. The van der Waals surface area contributed by atoms with Gasteiger partial charge in [-0.15, -0.1) is 0 Å². The molecule has 72 valence electrons. The zero-order chi connectivity index (χ0) is 8.86. The molecule has 0 aromatic rings. The molecule has 0 radical (unpaired) electrons. The van der Waals surface area contributed by atoms with E-state index < -0.39 is 0 Å². The van der Waals surface area contributed by atoms with Crippen LogP contribution in [0, 0.1) is 0 Å². The fourth-order valence-electron chi connectivity index (χ4n) is 2.20. The Morgan fingerprint density at radius 2 is 1.67 bits per heavy atom. The van der Waals surface area contributed by atoms with Crippen molar-refractivity contribution in [3.8, 4) is 0 Å². The van der Waals surface area contributed by atoms with Crippen molar-refractivity contribution >= 4 is 0 Å². The molecule has 2 heteroatoms. The van der Waals surface area contributed by atoms with E-state index >= 15 is 0 Å². The van der Waals surface area contributed by atoms with Gasteiger partial charge < -0.3 is 10.6 Å². The van der Waals surface area contributed by atoms with Crippen molar-refractivity contribution in [3.05, 3.63) is 0 Å². The summed E-state index contributed by atoms with van der Waals surface area (Å²) in [6.07, 6.45) is 5.51. The molecular formula is C10H22N2. The van der Waals surface area contributed by atoms with Crippen LogP contribution in [-0.2, 0) is 0 Å². The zero-order valence-electron chi connectivity index (χ0n) is 8.45. The molecule has 0 aromatic heterocycles. The standard InChI is InChI=1S/C8H16N2.C2H6/c1-3-8(7-9-5-1)4-2-6-10-8;1-2/h9-10H,1-7H2;1-2H3. The summed E-state index contributed by atoms with van der Waals surface area (Å²) in [4.78, 5) is 0. The van der Waals surface area contributed by atoms with E-state index in [-0.39, 0.29) is 0 Å². The highest BCUT2D eigenvalue weighted by atomic mass is 15.1. The third-order valence-corrected chi connectivity index (χ3v) is 2.80. The summed E-state index contributed by atoms with van der Waals surface area (Å²) < 4.78 is 0. The van der Waals surface area contributed by atoms with Crippen molar-refractivity contribution in [1.29, 1.82) is 0 Å². The Balaban J connectivity index is 0.000000336. The van der Waals surface area contributed by atoms with Crippen LogP contribution in [0.1, 0.15) is 39.5 Å². The van der Waals surface area contributed by atoms with Crippen molar-refractivity contribution in [1.82, 2.24) is 10.6 Å². The Labute approximate surface area is 76.1 Å². The second kappa shape index (κ2) is 4.83. The van der Waals surface area contributed by atoms with Gasteiger partial charge in [-0.1, -0.05) is 13.8 Å². The summed E-state index contributed by atoms with van der Waals surface area (Å²) in [6, 6.07) is 0. The van der Waals surface area contributed by atoms with Gasteiger partial charge in [0.15, 0.2) is 0 Å². The molecule has 0 saturated carbocycles. The van der Waals surface area contributed by atoms with E-state index in [1.165, 1.54) is 45.3 Å². The molecule has 1 unspecified atom stereocenters. The van der Waals surface area contributed by atoms with Crippen LogP contribution in [0.3, 0.4) is 0 Å². The minimum atomic E-state index is 0.512. The number of hydrogen-bond donors (Lipinski definition) is 2. The predicted octanol–water partition coefficient (Wildman–Crippen LogP) is 1.52. The van der Waals surface area contributed by atoms with Crippen LogP contribution in [-0.4, -0.2) is 25.2 Å². The molecule has 1 atom stereocenters. The van der Waals surface area contributed by atoms with Crippen molar-refractivity contribution < 1.29 is 0 Å². The van der Waals surface area contributed by atoms with Gasteiger partial charge in [-0.05, 0) is 38.8 Å². The van der Waals surface area contributed by atoms with Crippen LogP contribution in [0.2, 0.25) is 0 Å². The van der Waals surface area contributed by atoms with Crippen LogP contribution in [0.4, 0.5) is 0 Å². The quantitative estimate of drug-likeness (QED) is 0.576. The number of hydrogen-bond acceptors (Lipinski definition) is 2. The monoisotopic (exact) mass is 170 g/mol. The van der Waals surface area contributed by atoms with Crippen LogP contribution >= 0.6 is 0 Å². The van der Waals surface area contributed by atoms with Gasteiger partial charge in [0.2, 0.25) is 0 Å². The van der Waals surface area contributed by atoms with Gasteiger partial charge in [-0.3, -0.25) is 0 Å². The Bertz CT molecular complexity index is 109. The normalized spacial score (nSPS) is 34.5. The SMILES string of the molecule is C1CNCC2(C1)CCCN2.CC. The molecule has 0 amide bonds. The Kier molecular flexibility index (Phi) is 4.02. The molecule has 2 rings (SSSR count). The van der Waals surface area contributed by atoms with Crippen molar-refractivity contribution in [2.45, 2.75) is 45.1 Å². The predicted molar refractivity (Wildman–Crippen MR) is 53.4 cm³/mol.